The minimum atomic E-state index is 0.979. The lowest BCUT2D eigenvalue weighted by Gasteiger charge is -2.19. The summed E-state index contributed by atoms with van der Waals surface area (Å²) in [5.41, 5.74) is 4.27. The molecule has 0 unspecified atom stereocenters. The molecule has 1 aromatic carbocycles. The van der Waals surface area contributed by atoms with E-state index in [1.807, 2.05) is 0 Å². The minimum absolute atomic E-state index is 0.979. The molecule has 24 heavy (non-hydrogen) atoms. The van der Waals surface area contributed by atoms with E-state index in [0.717, 1.165) is 60.6 Å². The number of aliphatic imine (C=N–C) groups is 2. The van der Waals surface area contributed by atoms with Gasteiger partial charge in [0.2, 0.25) is 11.9 Å². The Hall–Kier alpha value is -2.24. The maximum atomic E-state index is 5.00. The van der Waals surface area contributed by atoms with E-state index in [-0.39, 0.29) is 0 Å². The average Bonchev–Trinajstić information content (AvgIpc) is 3.03. The molecule has 6 nitrogen and oxygen atoms in total. The summed E-state index contributed by atoms with van der Waals surface area (Å²) in [6.07, 6.45) is 0. The van der Waals surface area contributed by atoms with E-state index in [2.05, 4.69) is 73.8 Å². The molecule has 2 heterocycles. The maximum absolute atomic E-state index is 5.00. The van der Waals surface area contributed by atoms with Crippen LogP contribution in [0.15, 0.2) is 22.1 Å². The van der Waals surface area contributed by atoms with Gasteiger partial charge < -0.3 is 19.6 Å². The first-order valence-electron chi connectivity index (χ1n) is 8.50. The van der Waals surface area contributed by atoms with Crippen molar-refractivity contribution in [2.75, 3.05) is 54.4 Å². The highest BCUT2D eigenvalue weighted by Gasteiger charge is 2.23. The Balaban J connectivity index is 2.12. The lowest BCUT2D eigenvalue weighted by molar-refractivity contribution is 0.553. The highest BCUT2D eigenvalue weighted by molar-refractivity contribution is 5.90. The standard InChI is InChI=1S/C18H28N6/c1-13-7-8-14(2)16(20-18-23(5)11-12-24(18)6)15(13)19-17-21(3)9-10-22(17)4/h7-8H,9-12H2,1-6H3. The zero-order valence-corrected chi connectivity index (χ0v) is 15.7. The van der Waals surface area contributed by atoms with Crippen LogP contribution < -0.4 is 0 Å². The Kier molecular flexibility index (Phi) is 4.39. The summed E-state index contributed by atoms with van der Waals surface area (Å²) in [7, 11) is 8.38. The molecule has 6 heteroatoms. The van der Waals surface area contributed by atoms with Gasteiger partial charge in [-0.2, -0.15) is 0 Å². The molecule has 1 aromatic rings. The number of benzene rings is 1. The van der Waals surface area contributed by atoms with Gasteiger partial charge in [-0.15, -0.1) is 0 Å². The van der Waals surface area contributed by atoms with Gasteiger partial charge in [-0.3, -0.25) is 0 Å². The first-order chi connectivity index (χ1) is 11.4. The van der Waals surface area contributed by atoms with Crippen LogP contribution in [-0.4, -0.2) is 85.9 Å². The normalized spacial score (nSPS) is 18.1. The molecular formula is C18H28N6. The molecule has 0 aliphatic carbocycles. The summed E-state index contributed by atoms with van der Waals surface area (Å²) in [4.78, 5) is 18.8. The van der Waals surface area contributed by atoms with Crippen LogP contribution in [0.25, 0.3) is 0 Å². The lowest BCUT2D eigenvalue weighted by Crippen LogP contribution is -2.28. The van der Waals surface area contributed by atoms with Gasteiger partial charge >= 0.3 is 0 Å². The fraction of sp³-hybridized carbons (Fsp3) is 0.556. The number of guanidine groups is 2. The zero-order chi connectivity index (χ0) is 17.4. The third-order valence-corrected chi connectivity index (χ3v) is 4.89. The fourth-order valence-electron chi connectivity index (χ4n) is 3.19. The Bertz CT molecular complexity index is 610. The molecule has 130 valence electrons. The molecule has 2 aliphatic rings. The summed E-state index contributed by atoms with van der Waals surface area (Å²) in [5, 5.41) is 0. The van der Waals surface area contributed by atoms with Crippen molar-refractivity contribution in [1.29, 1.82) is 0 Å². The fourth-order valence-corrected chi connectivity index (χ4v) is 3.19. The monoisotopic (exact) mass is 328 g/mol. The number of aryl methyl sites for hydroxylation is 2. The Labute approximate surface area is 145 Å². The number of hydrogen-bond donors (Lipinski definition) is 0. The van der Waals surface area contributed by atoms with Gasteiger partial charge in [-0.1, -0.05) is 12.1 Å². The van der Waals surface area contributed by atoms with Gasteiger partial charge in [0.1, 0.15) is 0 Å². The van der Waals surface area contributed by atoms with Crippen molar-refractivity contribution in [3.63, 3.8) is 0 Å². The number of rotatable bonds is 2. The van der Waals surface area contributed by atoms with Crippen LogP contribution >= 0.6 is 0 Å². The van der Waals surface area contributed by atoms with E-state index in [0.29, 0.717) is 0 Å². The van der Waals surface area contributed by atoms with Crippen molar-refractivity contribution in [3.05, 3.63) is 23.3 Å². The van der Waals surface area contributed by atoms with Gasteiger partial charge in [0.05, 0.1) is 11.4 Å². The molecule has 2 saturated heterocycles. The first kappa shape index (κ1) is 16.6. The third kappa shape index (κ3) is 2.92. The largest absolute Gasteiger partial charge is 0.344 e. The first-order valence-corrected chi connectivity index (χ1v) is 8.50. The van der Waals surface area contributed by atoms with E-state index in [1.54, 1.807) is 0 Å². The molecule has 0 radical (unpaired) electrons. The highest BCUT2D eigenvalue weighted by atomic mass is 15.4. The Morgan fingerprint density at radius 2 is 0.917 bits per heavy atom. The van der Waals surface area contributed by atoms with Gasteiger partial charge in [-0.25, -0.2) is 9.98 Å². The topological polar surface area (TPSA) is 37.7 Å². The third-order valence-electron chi connectivity index (χ3n) is 4.89. The quantitative estimate of drug-likeness (QED) is 0.833. The van der Waals surface area contributed by atoms with Crippen molar-refractivity contribution in [2.45, 2.75) is 13.8 Å². The van der Waals surface area contributed by atoms with E-state index >= 15 is 0 Å². The predicted octanol–water partition coefficient (Wildman–Crippen LogP) is 2.03. The molecule has 0 spiro atoms. The van der Waals surface area contributed by atoms with Crippen LogP contribution in [0.3, 0.4) is 0 Å². The molecule has 0 N–H and O–H groups in total. The molecular weight excluding hydrogens is 300 g/mol. The smallest absolute Gasteiger partial charge is 0.201 e. The van der Waals surface area contributed by atoms with Crippen molar-refractivity contribution in [3.8, 4) is 0 Å². The number of hydrogen-bond acceptors (Lipinski definition) is 2. The van der Waals surface area contributed by atoms with E-state index < -0.39 is 0 Å². The van der Waals surface area contributed by atoms with Crippen molar-refractivity contribution < 1.29 is 0 Å². The summed E-state index contributed by atoms with van der Waals surface area (Å²) >= 11 is 0. The maximum Gasteiger partial charge on any atom is 0.201 e. The minimum Gasteiger partial charge on any atom is -0.344 e. The summed E-state index contributed by atoms with van der Waals surface area (Å²) in [6, 6.07) is 4.27. The molecule has 0 aromatic heterocycles. The molecule has 2 fully saturated rings. The molecule has 0 bridgehead atoms. The van der Waals surface area contributed by atoms with E-state index in [1.165, 1.54) is 0 Å². The van der Waals surface area contributed by atoms with Gasteiger partial charge in [0, 0.05) is 54.4 Å². The van der Waals surface area contributed by atoms with Crippen LogP contribution in [0.1, 0.15) is 11.1 Å². The zero-order valence-electron chi connectivity index (χ0n) is 15.7. The second-order valence-corrected chi connectivity index (χ2v) is 6.91. The molecule has 2 aliphatic heterocycles. The molecule has 0 amide bonds. The Morgan fingerprint density at radius 1 is 0.625 bits per heavy atom. The van der Waals surface area contributed by atoms with Crippen LogP contribution in [0.5, 0.6) is 0 Å². The van der Waals surface area contributed by atoms with Gasteiger partial charge in [0.25, 0.3) is 0 Å². The van der Waals surface area contributed by atoms with Crippen LogP contribution in [0.4, 0.5) is 11.4 Å². The average molecular weight is 328 g/mol. The second kappa shape index (κ2) is 6.34. The second-order valence-electron chi connectivity index (χ2n) is 6.91. The van der Waals surface area contributed by atoms with E-state index in [4.69, 9.17) is 9.98 Å². The van der Waals surface area contributed by atoms with Crippen molar-refractivity contribution in [2.24, 2.45) is 9.98 Å². The number of likely N-dealkylation sites (N-methyl/N-ethyl adjacent to an activating group) is 4. The van der Waals surface area contributed by atoms with Crippen LogP contribution in [0, 0.1) is 13.8 Å². The summed E-state index contributed by atoms with van der Waals surface area (Å²) in [6.45, 7) is 8.26. The van der Waals surface area contributed by atoms with E-state index in [9.17, 15) is 0 Å². The van der Waals surface area contributed by atoms with Crippen LogP contribution in [-0.2, 0) is 0 Å². The van der Waals surface area contributed by atoms with Gasteiger partial charge in [-0.05, 0) is 25.0 Å². The highest BCUT2D eigenvalue weighted by Crippen LogP contribution is 2.36. The van der Waals surface area contributed by atoms with Crippen LogP contribution in [0.2, 0.25) is 0 Å². The van der Waals surface area contributed by atoms with Gasteiger partial charge in [0.15, 0.2) is 0 Å². The number of nitrogens with zero attached hydrogens (tertiary/aromatic N) is 6. The van der Waals surface area contributed by atoms with Crippen molar-refractivity contribution >= 4 is 23.3 Å². The molecule has 0 saturated carbocycles. The Morgan fingerprint density at radius 3 is 1.21 bits per heavy atom. The van der Waals surface area contributed by atoms with Crippen molar-refractivity contribution in [1.82, 2.24) is 19.6 Å². The summed E-state index contributed by atoms with van der Waals surface area (Å²) < 4.78 is 0. The SMILES string of the molecule is Cc1ccc(C)c(N=C2N(C)CCN2C)c1N=C1N(C)CCN1C. The summed E-state index contributed by atoms with van der Waals surface area (Å²) in [5.74, 6) is 2.02. The predicted molar refractivity (Wildman–Crippen MR) is 101 cm³/mol. The molecule has 0 atom stereocenters. The molecule has 3 rings (SSSR count). The lowest BCUT2D eigenvalue weighted by atomic mass is 10.1.